The second kappa shape index (κ2) is 7.21. The number of hydrogen-bond donors (Lipinski definition) is 0. The maximum atomic E-state index is 6.20. The van der Waals surface area contributed by atoms with E-state index in [1.807, 2.05) is 31.3 Å². The molecule has 0 saturated heterocycles. The van der Waals surface area contributed by atoms with Crippen LogP contribution in [0.4, 0.5) is 0 Å². The number of hydrogen-bond acceptors (Lipinski definition) is 5. The molecular weight excluding hydrogens is 316 g/mol. The van der Waals surface area contributed by atoms with E-state index in [0.29, 0.717) is 6.61 Å². The van der Waals surface area contributed by atoms with Gasteiger partial charge in [0.05, 0.1) is 18.4 Å². The highest BCUT2D eigenvalue weighted by atomic mass is 16.5. The van der Waals surface area contributed by atoms with Crippen LogP contribution in [0.5, 0.6) is 0 Å². The number of nitrogens with zero attached hydrogens (tertiary/aromatic N) is 4. The molecule has 0 radical (unpaired) electrons. The van der Waals surface area contributed by atoms with Crippen LogP contribution in [0.15, 0.2) is 53.4 Å². The van der Waals surface area contributed by atoms with E-state index >= 15 is 0 Å². The van der Waals surface area contributed by atoms with Crippen molar-refractivity contribution in [1.82, 2.24) is 19.6 Å². The lowest BCUT2D eigenvalue weighted by atomic mass is 10.2. The monoisotopic (exact) mass is 338 g/mol. The maximum Gasteiger partial charge on any atom is 0.133 e. The number of pyridine rings is 1. The van der Waals surface area contributed by atoms with Gasteiger partial charge in [-0.05, 0) is 30.7 Å². The van der Waals surface area contributed by atoms with Gasteiger partial charge in [-0.2, -0.15) is 0 Å². The molecule has 25 heavy (non-hydrogen) atoms. The van der Waals surface area contributed by atoms with Gasteiger partial charge in [0.25, 0.3) is 0 Å². The molecule has 6 heteroatoms. The fourth-order valence-electron chi connectivity index (χ4n) is 3.27. The van der Waals surface area contributed by atoms with E-state index < -0.39 is 0 Å². The second-order valence-corrected chi connectivity index (χ2v) is 6.54. The van der Waals surface area contributed by atoms with Crippen LogP contribution in [0.2, 0.25) is 0 Å². The van der Waals surface area contributed by atoms with Crippen molar-refractivity contribution in [2.75, 3.05) is 6.54 Å². The van der Waals surface area contributed by atoms with Crippen LogP contribution in [-0.4, -0.2) is 32.3 Å². The van der Waals surface area contributed by atoms with Crippen molar-refractivity contribution in [3.8, 4) is 0 Å². The summed E-state index contributed by atoms with van der Waals surface area (Å²) in [4.78, 5) is 6.52. The Morgan fingerprint density at radius 3 is 3.04 bits per heavy atom. The Balaban J connectivity index is 1.47. The summed E-state index contributed by atoms with van der Waals surface area (Å²) in [6.07, 6.45) is 5.87. The molecule has 0 aromatic carbocycles. The highest BCUT2D eigenvalue weighted by Crippen LogP contribution is 2.18. The van der Waals surface area contributed by atoms with Crippen molar-refractivity contribution in [1.29, 1.82) is 0 Å². The summed E-state index contributed by atoms with van der Waals surface area (Å²) in [5.74, 6) is 0.845. The summed E-state index contributed by atoms with van der Waals surface area (Å²) in [5.41, 5.74) is 3.36. The first-order valence-corrected chi connectivity index (χ1v) is 8.55. The lowest BCUT2D eigenvalue weighted by molar-refractivity contribution is 0.00823. The predicted molar refractivity (Wildman–Crippen MR) is 92.6 cm³/mol. The van der Waals surface area contributed by atoms with E-state index in [0.717, 1.165) is 43.2 Å². The summed E-state index contributed by atoms with van der Waals surface area (Å²) < 4.78 is 13.7. The van der Waals surface area contributed by atoms with Crippen LogP contribution in [0.25, 0.3) is 0 Å². The van der Waals surface area contributed by atoms with E-state index in [1.165, 1.54) is 5.69 Å². The molecule has 6 nitrogen and oxygen atoms in total. The van der Waals surface area contributed by atoms with Crippen LogP contribution in [0, 0.1) is 6.92 Å². The summed E-state index contributed by atoms with van der Waals surface area (Å²) in [5, 5.41) is 4.13. The molecule has 0 saturated carbocycles. The largest absolute Gasteiger partial charge is 0.370 e. The quantitative estimate of drug-likeness (QED) is 0.716. The van der Waals surface area contributed by atoms with E-state index in [9.17, 15) is 0 Å². The number of fused-ring (bicyclic) bond motifs is 1. The minimum Gasteiger partial charge on any atom is -0.370 e. The zero-order valence-corrected chi connectivity index (χ0v) is 14.3. The molecule has 0 amide bonds. The molecule has 0 fully saturated rings. The molecule has 0 aliphatic carbocycles. The van der Waals surface area contributed by atoms with Crippen molar-refractivity contribution in [2.24, 2.45) is 0 Å². The highest BCUT2D eigenvalue weighted by Gasteiger charge is 2.23. The van der Waals surface area contributed by atoms with Crippen LogP contribution < -0.4 is 0 Å². The van der Waals surface area contributed by atoms with Crippen molar-refractivity contribution in [2.45, 2.75) is 39.3 Å². The van der Waals surface area contributed by atoms with E-state index in [1.54, 1.807) is 6.20 Å². The molecule has 3 aromatic heterocycles. The van der Waals surface area contributed by atoms with Gasteiger partial charge in [-0.3, -0.25) is 9.88 Å². The van der Waals surface area contributed by atoms with Crippen molar-refractivity contribution in [3.63, 3.8) is 0 Å². The molecule has 1 aliphatic heterocycles. The lowest BCUT2D eigenvalue weighted by Crippen LogP contribution is -2.32. The molecule has 0 bridgehead atoms. The first-order valence-electron chi connectivity index (χ1n) is 8.55. The van der Waals surface area contributed by atoms with Crippen LogP contribution in [0.3, 0.4) is 0 Å². The number of rotatable bonds is 5. The molecule has 1 atom stereocenters. The molecule has 130 valence electrons. The number of aryl methyl sites for hydroxylation is 1. The van der Waals surface area contributed by atoms with Gasteiger partial charge in [-0.1, -0.05) is 11.2 Å². The average molecular weight is 338 g/mol. The van der Waals surface area contributed by atoms with E-state index in [2.05, 4.69) is 37.9 Å². The standard InChI is InChI=1S/C19H22N4O2/c1-15-8-17(21-25-15)10-22-11-18-5-3-7-23(18)13-19(12-22)24-14-16-4-2-6-20-9-16/h2-9,19H,10-14H2,1H3/t19-/m1/s1. The molecular formula is C19H22N4O2. The van der Waals surface area contributed by atoms with Crippen molar-refractivity contribution >= 4 is 0 Å². The van der Waals surface area contributed by atoms with Crippen LogP contribution in [0.1, 0.15) is 22.7 Å². The smallest absolute Gasteiger partial charge is 0.133 e. The van der Waals surface area contributed by atoms with Crippen molar-refractivity contribution in [3.05, 3.63) is 71.6 Å². The van der Waals surface area contributed by atoms with Gasteiger partial charge >= 0.3 is 0 Å². The highest BCUT2D eigenvalue weighted by molar-refractivity contribution is 5.11. The van der Waals surface area contributed by atoms with Gasteiger partial charge in [0, 0.05) is 56.5 Å². The predicted octanol–water partition coefficient (Wildman–Crippen LogP) is 2.78. The van der Waals surface area contributed by atoms with Gasteiger partial charge in [0.2, 0.25) is 0 Å². The Labute approximate surface area is 147 Å². The molecule has 1 aliphatic rings. The first kappa shape index (κ1) is 16.1. The minimum absolute atomic E-state index is 0.113. The third-order valence-electron chi connectivity index (χ3n) is 4.44. The molecule has 4 heterocycles. The fraction of sp³-hybridized carbons (Fsp3) is 0.368. The molecule has 4 rings (SSSR count). The Kier molecular flexibility index (Phi) is 4.63. The Morgan fingerprint density at radius 1 is 1.28 bits per heavy atom. The van der Waals surface area contributed by atoms with E-state index in [4.69, 9.17) is 9.26 Å². The Hall–Kier alpha value is -2.44. The average Bonchev–Trinajstić information content (AvgIpc) is 3.19. The van der Waals surface area contributed by atoms with Crippen LogP contribution >= 0.6 is 0 Å². The topological polar surface area (TPSA) is 56.3 Å². The van der Waals surface area contributed by atoms with Gasteiger partial charge in [-0.25, -0.2) is 0 Å². The van der Waals surface area contributed by atoms with E-state index in [-0.39, 0.29) is 6.10 Å². The Morgan fingerprint density at radius 2 is 2.24 bits per heavy atom. The third kappa shape index (κ3) is 3.97. The summed E-state index contributed by atoms with van der Waals surface area (Å²) in [6.45, 7) is 5.85. The minimum atomic E-state index is 0.113. The van der Waals surface area contributed by atoms with Gasteiger partial charge < -0.3 is 13.8 Å². The number of aromatic nitrogens is 3. The zero-order chi connectivity index (χ0) is 17.1. The van der Waals surface area contributed by atoms with Gasteiger partial charge in [0.1, 0.15) is 5.76 Å². The Bertz CT molecular complexity index is 812. The maximum absolute atomic E-state index is 6.20. The summed E-state index contributed by atoms with van der Waals surface area (Å²) >= 11 is 0. The first-order chi connectivity index (χ1) is 12.3. The molecule has 0 spiro atoms. The molecule has 3 aromatic rings. The SMILES string of the molecule is Cc1cc(CN2Cc3cccn3C[C@H](OCc3cccnc3)C2)no1. The zero-order valence-electron chi connectivity index (χ0n) is 14.3. The van der Waals surface area contributed by atoms with Gasteiger partial charge in [0.15, 0.2) is 0 Å². The second-order valence-electron chi connectivity index (χ2n) is 6.54. The van der Waals surface area contributed by atoms with Crippen LogP contribution in [-0.2, 0) is 31.0 Å². The third-order valence-corrected chi connectivity index (χ3v) is 4.44. The summed E-state index contributed by atoms with van der Waals surface area (Å²) in [6, 6.07) is 10.2. The number of ether oxygens (including phenoxy) is 1. The summed E-state index contributed by atoms with van der Waals surface area (Å²) in [7, 11) is 0. The molecule has 0 N–H and O–H groups in total. The van der Waals surface area contributed by atoms with Gasteiger partial charge in [-0.15, -0.1) is 0 Å². The van der Waals surface area contributed by atoms with Crippen molar-refractivity contribution < 1.29 is 9.26 Å². The fourth-order valence-corrected chi connectivity index (χ4v) is 3.27. The normalized spacial score (nSPS) is 18.0. The lowest BCUT2D eigenvalue weighted by Gasteiger charge is -2.23. The molecule has 0 unspecified atom stereocenters.